The minimum atomic E-state index is 0.554. The van der Waals surface area contributed by atoms with Crippen molar-refractivity contribution in [1.29, 1.82) is 0 Å². The molecule has 1 aliphatic rings. The summed E-state index contributed by atoms with van der Waals surface area (Å²) in [5.41, 5.74) is 7.73. The van der Waals surface area contributed by atoms with Gasteiger partial charge in [-0.3, -0.25) is 5.10 Å². The number of H-pyrrole nitrogens is 1. The third-order valence-corrected chi connectivity index (χ3v) is 2.63. The van der Waals surface area contributed by atoms with Crippen LogP contribution in [0.5, 0.6) is 0 Å². The molecule has 1 aromatic rings. The number of nitrogens with two attached hydrogens (primary N) is 1. The molecule has 0 aromatic carbocycles. The lowest BCUT2D eigenvalue weighted by molar-refractivity contribution is 0.453. The molecule has 0 bridgehead atoms. The van der Waals surface area contributed by atoms with Gasteiger partial charge in [0.1, 0.15) is 0 Å². The molecular weight excluding hydrogens is 164 g/mol. The van der Waals surface area contributed by atoms with Gasteiger partial charge in [-0.05, 0) is 32.0 Å². The summed E-state index contributed by atoms with van der Waals surface area (Å²) in [7, 11) is 0. The maximum absolute atomic E-state index is 5.51. The van der Waals surface area contributed by atoms with Crippen molar-refractivity contribution in [2.45, 2.75) is 25.3 Å². The van der Waals surface area contributed by atoms with Crippen LogP contribution in [-0.4, -0.2) is 23.3 Å². The van der Waals surface area contributed by atoms with Gasteiger partial charge in [-0.1, -0.05) is 0 Å². The Morgan fingerprint density at radius 3 is 2.85 bits per heavy atom. The summed E-state index contributed by atoms with van der Waals surface area (Å²) in [5.74, 6) is 0.623. The van der Waals surface area contributed by atoms with Gasteiger partial charge in [0.2, 0.25) is 0 Å². The van der Waals surface area contributed by atoms with Crippen LogP contribution in [0.3, 0.4) is 0 Å². The number of nitrogens with one attached hydrogen (secondary N) is 2. The molecule has 4 heteroatoms. The first-order valence-electron chi connectivity index (χ1n) is 4.85. The van der Waals surface area contributed by atoms with Crippen LogP contribution in [0.1, 0.15) is 30.1 Å². The molecule has 1 aromatic heterocycles. The Morgan fingerprint density at radius 2 is 2.23 bits per heavy atom. The lowest BCUT2D eigenvalue weighted by Gasteiger charge is -2.20. The van der Waals surface area contributed by atoms with E-state index >= 15 is 0 Å². The number of rotatable bonds is 2. The van der Waals surface area contributed by atoms with Crippen LogP contribution >= 0.6 is 0 Å². The van der Waals surface area contributed by atoms with E-state index in [2.05, 4.69) is 21.6 Å². The summed E-state index contributed by atoms with van der Waals surface area (Å²) in [6, 6.07) is 2.09. The Bertz CT molecular complexity index is 262. The predicted octanol–water partition coefficient (Wildman–Crippen LogP) is 0.335. The summed E-state index contributed by atoms with van der Waals surface area (Å²) < 4.78 is 0. The van der Waals surface area contributed by atoms with Crippen LogP contribution in [-0.2, 0) is 6.54 Å². The summed E-state index contributed by atoms with van der Waals surface area (Å²) >= 11 is 0. The van der Waals surface area contributed by atoms with Crippen molar-refractivity contribution in [3.05, 3.63) is 17.5 Å². The zero-order valence-corrected chi connectivity index (χ0v) is 7.71. The molecule has 0 amide bonds. The SMILES string of the molecule is NCc1cc(C2CCNCC2)n[nH]1. The highest BCUT2D eigenvalue weighted by molar-refractivity contribution is 5.13. The van der Waals surface area contributed by atoms with E-state index in [-0.39, 0.29) is 0 Å². The Morgan fingerprint density at radius 1 is 1.46 bits per heavy atom. The molecule has 0 radical (unpaired) electrons. The van der Waals surface area contributed by atoms with Gasteiger partial charge in [-0.15, -0.1) is 0 Å². The Kier molecular flexibility index (Phi) is 2.61. The molecule has 0 unspecified atom stereocenters. The van der Waals surface area contributed by atoms with E-state index in [1.165, 1.54) is 18.5 Å². The molecular formula is C9H16N4. The molecule has 2 rings (SSSR count). The van der Waals surface area contributed by atoms with Crippen molar-refractivity contribution in [3.63, 3.8) is 0 Å². The first-order valence-corrected chi connectivity index (χ1v) is 4.85. The Balaban J connectivity index is 2.05. The van der Waals surface area contributed by atoms with Crippen LogP contribution in [0.2, 0.25) is 0 Å². The van der Waals surface area contributed by atoms with Gasteiger partial charge in [0.05, 0.1) is 5.69 Å². The molecule has 1 aliphatic heterocycles. The van der Waals surface area contributed by atoms with Gasteiger partial charge in [0, 0.05) is 18.2 Å². The third kappa shape index (κ3) is 1.89. The smallest absolute Gasteiger partial charge is 0.0657 e. The largest absolute Gasteiger partial charge is 0.325 e. The first kappa shape index (κ1) is 8.72. The maximum Gasteiger partial charge on any atom is 0.0657 e. The second-order valence-electron chi connectivity index (χ2n) is 3.55. The lowest BCUT2D eigenvalue weighted by Crippen LogP contribution is -2.26. The second kappa shape index (κ2) is 3.89. The van der Waals surface area contributed by atoms with Crippen molar-refractivity contribution >= 4 is 0 Å². The monoisotopic (exact) mass is 180 g/mol. The van der Waals surface area contributed by atoms with Crippen LogP contribution < -0.4 is 11.1 Å². The molecule has 0 spiro atoms. The summed E-state index contributed by atoms with van der Waals surface area (Å²) in [6.07, 6.45) is 2.38. The molecule has 2 heterocycles. The van der Waals surface area contributed by atoms with Crippen molar-refractivity contribution in [1.82, 2.24) is 15.5 Å². The minimum absolute atomic E-state index is 0.554. The minimum Gasteiger partial charge on any atom is -0.325 e. The van der Waals surface area contributed by atoms with E-state index in [1.807, 2.05) is 0 Å². The summed E-state index contributed by atoms with van der Waals surface area (Å²) in [5, 5.41) is 10.6. The van der Waals surface area contributed by atoms with Gasteiger partial charge in [0.15, 0.2) is 0 Å². The van der Waals surface area contributed by atoms with Crippen molar-refractivity contribution in [2.24, 2.45) is 5.73 Å². The Hall–Kier alpha value is -0.870. The molecule has 1 saturated heterocycles. The topological polar surface area (TPSA) is 66.7 Å². The normalized spacial score (nSPS) is 19.2. The molecule has 1 fully saturated rings. The number of piperidine rings is 1. The molecule has 13 heavy (non-hydrogen) atoms. The average molecular weight is 180 g/mol. The van der Waals surface area contributed by atoms with E-state index in [9.17, 15) is 0 Å². The number of aromatic amines is 1. The second-order valence-corrected chi connectivity index (χ2v) is 3.55. The highest BCUT2D eigenvalue weighted by Gasteiger charge is 2.17. The first-order chi connectivity index (χ1) is 6.40. The number of aromatic nitrogens is 2. The van der Waals surface area contributed by atoms with Gasteiger partial charge >= 0.3 is 0 Å². The molecule has 0 aliphatic carbocycles. The molecule has 0 saturated carbocycles. The van der Waals surface area contributed by atoms with Gasteiger partial charge in [0.25, 0.3) is 0 Å². The fourth-order valence-electron chi connectivity index (χ4n) is 1.81. The van der Waals surface area contributed by atoms with Gasteiger partial charge in [-0.2, -0.15) is 5.10 Å². The lowest BCUT2D eigenvalue weighted by atomic mass is 9.95. The average Bonchev–Trinajstić information content (AvgIpc) is 2.67. The van der Waals surface area contributed by atoms with Crippen LogP contribution in [0.4, 0.5) is 0 Å². The Labute approximate surface area is 77.9 Å². The highest BCUT2D eigenvalue weighted by atomic mass is 15.1. The fourth-order valence-corrected chi connectivity index (χ4v) is 1.81. The van der Waals surface area contributed by atoms with Crippen LogP contribution in [0.15, 0.2) is 6.07 Å². The number of hydrogen-bond acceptors (Lipinski definition) is 3. The molecule has 72 valence electrons. The quantitative estimate of drug-likeness (QED) is 0.614. The maximum atomic E-state index is 5.51. The van der Waals surface area contributed by atoms with E-state index in [0.717, 1.165) is 18.8 Å². The highest BCUT2D eigenvalue weighted by Crippen LogP contribution is 2.23. The molecule has 4 nitrogen and oxygen atoms in total. The number of hydrogen-bond donors (Lipinski definition) is 3. The van der Waals surface area contributed by atoms with Gasteiger partial charge in [-0.25, -0.2) is 0 Å². The van der Waals surface area contributed by atoms with Gasteiger partial charge < -0.3 is 11.1 Å². The zero-order valence-electron chi connectivity index (χ0n) is 7.71. The van der Waals surface area contributed by atoms with Crippen LogP contribution in [0, 0.1) is 0 Å². The standard InChI is InChI=1S/C9H16N4/c10-6-8-5-9(13-12-8)7-1-3-11-4-2-7/h5,7,11H,1-4,6,10H2,(H,12,13). The molecule has 4 N–H and O–H groups in total. The van der Waals surface area contributed by atoms with E-state index < -0.39 is 0 Å². The van der Waals surface area contributed by atoms with Crippen LogP contribution in [0.25, 0.3) is 0 Å². The molecule has 0 atom stereocenters. The summed E-state index contributed by atoms with van der Waals surface area (Å²) in [6.45, 7) is 2.77. The summed E-state index contributed by atoms with van der Waals surface area (Å²) in [4.78, 5) is 0. The number of nitrogens with zero attached hydrogens (tertiary/aromatic N) is 1. The van der Waals surface area contributed by atoms with E-state index in [0.29, 0.717) is 12.5 Å². The zero-order chi connectivity index (χ0) is 9.10. The third-order valence-electron chi connectivity index (χ3n) is 2.63. The van der Waals surface area contributed by atoms with E-state index in [1.54, 1.807) is 0 Å². The van der Waals surface area contributed by atoms with Crippen molar-refractivity contribution < 1.29 is 0 Å². The van der Waals surface area contributed by atoms with E-state index in [4.69, 9.17) is 5.73 Å². The van der Waals surface area contributed by atoms with Crippen molar-refractivity contribution in [2.75, 3.05) is 13.1 Å². The van der Waals surface area contributed by atoms with Crippen molar-refractivity contribution in [3.8, 4) is 0 Å². The fraction of sp³-hybridized carbons (Fsp3) is 0.667. The predicted molar refractivity (Wildman–Crippen MR) is 51.3 cm³/mol.